The molecule has 1 aromatic rings. The predicted octanol–water partition coefficient (Wildman–Crippen LogP) is 1.93. The Labute approximate surface area is 160 Å². The maximum Gasteiger partial charge on any atom is 0.394 e. The average molecular weight is 401 g/mol. The Balaban J connectivity index is 0.000000465. The molecule has 0 amide bonds. The van der Waals surface area contributed by atoms with Gasteiger partial charge in [0.25, 0.3) is 0 Å². The normalized spacial score (nSPS) is 26.0. The molecule has 152 valence electrons. The summed E-state index contributed by atoms with van der Waals surface area (Å²) in [4.78, 5) is 15.1. The number of piperidine rings is 1. The Morgan fingerprint density at radius 1 is 1.19 bits per heavy atom. The molecule has 3 rings (SSSR count). The van der Waals surface area contributed by atoms with Crippen LogP contribution in [0.15, 0.2) is 30.3 Å². The fourth-order valence-electron chi connectivity index (χ4n) is 3.86. The third-order valence-electron chi connectivity index (χ3n) is 5.16. The van der Waals surface area contributed by atoms with E-state index < -0.39 is 10.4 Å². The predicted molar refractivity (Wildman–Crippen MR) is 98.9 cm³/mol. The molecule has 0 saturated carbocycles. The highest BCUT2D eigenvalue weighted by Gasteiger charge is 2.40. The summed E-state index contributed by atoms with van der Waals surface area (Å²) in [7, 11) is -0.850. The molecule has 0 spiro atoms. The van der Waals surface area contributed by atoms with Crippen LogP contribution in [-0.2, 0) is 24.7 Å². The van der Waals surface area contributed by atoms with Crippen molar-refractivity contribution in [3.05, 3.63) is 35.9 Å². The van der Waals surface area contributed by atoms with Crippen LogP contribution in [0.5, 0.6) is 0 Å². The number of benzene rings is 1. The zero-order valence-electron chi connectivity index (χ0n) is 15.5. The van der Waals surface area contributed by atoms with Crippen molar-refractivity contribution in [2.24, 2.45) is 0 Å². The lowest BCUT2D eigenvalue weighted by atomic mass is 9.98. The first-order valence-electron chi connectivity index (χ1n) is 8.85. The number of methoxy groups -OCH3 is 1. The largest absolute Gasteiger partial charge is 0.462 e. The van der Waals surface area contributed by atoms with E-state index in [1.165, 1.54) is 12.8 Å². The van der Waals surface area contributed by atoms with Crippen molar-refractivity contribution in [3.63, 3.8) is 0 Å². The van der Waals surface area contributed by atoms with Gasteiger partial charge in [0.1, 0.15) is 12.0 Å². The molecule has 2 aliphatic heterocycles. The second kappa shape index (κ2) is 9.61. The summed E-state index contributed by atoms with van der Waals surface area (Å²) in [5, 5.41) is 0. The minimum atomic E-state index is -4.67. The first-order valence-corrected chi connectivity index (χ1v) is 10.2. The van der Waals surface area contributed by atoms with Gasteiger partial charge in [-0.1, -0.05) is 30.3 Å². The molecule has 0 aromatic heterocycles. The van der Waals surface area contributed by atoms with E-state index in [0.717, 1.165) is 18.4 Å². The van der Waals surface area contributed by atoms with Gasteiger partial charge in [0.15, 0.2) is 0 Å². The van der Waals surface area contributed by atoms with Crippen LogP contribution in [0.3, 0.4) is 0 Å². The molecule has 2 N–H and O–H groups in total. The zero-order chi connectivity index (χ0) is 20.0. The standard InChI is InChI=1S/C18H25NO3.H2O4S/c1-19-14-8-9-15(19)11-16(10-14)22-18(20)17(12-21-2)13-6-4-3-5-7-13;1-5(2,3)4/h3-7,14-17H,8-12H2,1-2H3;(H2,1,2,3,4)/t14-,15+,16?,17?;. The molecule has 2 bridgehead atoms. The maximum atomic E-state index is 12.6. The minimum absolute atomic E-state index is 0.0595. The SMILES string of the molecule is COCC(C(=O)OC1C[C@H]2CC[C@@H](C1)N2C)c1ccccc1.O=S(=O)(O)O. The van der Waals surface area contributed by atoms with E-state index in [1.54, 1.807) is 7.11 Å². The van der Waals surface area contributed by atoms with Crippen molar-refractivity contribution in [2.45, 2.75) is 49.8 Å². The van der Waals surface area contributed by atoms with Crippen LogP contribution in [0.4, 0.5) is 0 Å². The maximum absolute atomic E-state index is 12.6. The zero-order valence-corrected chi connectivity index (χ0v) is 16.3. The summed E-state index contributed by atoms with van der Waals surface area (Å²) in [6, 6.07) is 10.9. The van der Waals surface area contributed by atoms with Gasteiger partial charge in [-0.25, -0.2) is 0 Å². The monoisotopic (exact) mass is 401 g/mol. The van der Waals surface area contributed by atoms with E-state index in [4.69, 9.17) is 27.0 Å². The highest BCUT2D eigenvalue weighted by atomic mass is 32.3. The molecule has 2 heterocycles. The number of rotatable bonds is 5. The Hall–Kier alpha value is -1.52. The van der Waals surface area contributed by atoms with Gasteiger partial charge in [0.2, 0.25) is 0 Å². The van der Waals surface area contributed by atoms with Crippen LogP contribution in [0.2, 0.25) is 0 Å². The third kappa shape index (κ3) is 6.86. The molecule has 4 atom stereocenters. The van der Waals surface area contributed by atoms with Crippen molar-refractivity contribution < 1.29 is 31.8 Å². The topological polar surface area (TPSA) is 113 Å². The number of hydrogen-bond acceptors (Lipinski definition) is 6. The van der Waals surface area contributed by atoms with Crippen molar-refractivity contribution in [2.75, 3.05) is 20.8 Å². The van der Waals surface area contributed by atoms with E-state index in [1.807, 2.05) is 30.3 Å². The number of nitrogens with zero attached hydrogens (tertiary/aromatic N) is 1. The van der Waals surface area contributed by atoms with Gasteiger partial charge in [-0.05, 0) is 38.3 Å². The molecule has 2 aliphatic rings. The number of carbonyl (C=O) groups excluding carboxylic acids is 1. The minimum Gasteiger partial charge on any atom is -0.462 e. The summed E-state index contributed by atoms with van der Waals surface area (Å²) in [5.41, 5.74) is 0.963. The van der Waals surface area contributed by atoms with E-state index in [9.17, 15) is 4.79 Å². The molecular formula is C18H27NO7S. The third-order valence-corrected chi connectivity index (χ3v) is 5.16. The van der Waals surface area contributed by atoms with Gasteiger partial charge < -0.3 is 14.4 Å². The van der Waals surface area contributed by atoms with E-state index in [2.05, 4.69) is 11.9 Å². The number of carbonyl (C=O) groups is 1. The molecule has 9 heteroatoms. The smallest absolute Gasteiger partial charge is 0.394 e. The van der Waals surface area contributed by atoms with Crippen LogP contribution in [-0.4, -0.2) is 67.3 Å². The lowest BCUT2D eigenvalue weighted by molar-refractivity contribution is -0.155. The summed E-state index contributed by atoms with van der Waals surface area (Å²) in [6.07, 6.45) is 4.45. The van der Waals surface area contributed by atoms with Crippen LogP contribution in [0, 0.1) is 0 Å². The summed E-state index contributed by atoms with van der Waals surface area (Å²) < 4.78 is 42.7. The molecule has 2 unspecified atom stereocenters. The van der Waals surface area contributed by atoms with Crippen molar-refractivity contribution in [1.29, 1.82) is 0 Å². The van der Waals surface area contributed by atoms with Crippen molar-refractivity contribution in [3.8, 4) is 0 Å². The Morgan fingerprint density at radius 3 is 2.19 bits per heavy atom. The summed E-state index contributed by atoms with van der Waals surface area (Å²) in [6.45, 7) is 0.363. The second-order valence-electron chi connectivity index (χ2n) is 6.95. The summed E-state index contributed by atoms with van der Waals surface area (Å²) >= 11 is 0. The van der Waals surface area contributed by atoms with Gasteiger partial charge in [0.05, 0.1) is 6.61 Å². The van der Waals surface area contributed by atoms with E-state index >= 15 is 0 Å². The molecule has 2 fully saturated rings. The number of hydrogen-bond donors (Lipinski definition) is 2. The number of fused-ring (bicyclic) bond motifs is 2. The van der Waals surface area contributed by atoms with Crippen molar-refractivity contribution >= 4 is 16.4 Å². The molecule has 0 aliphatic carbocycles. The van der Waals surface area contributed by atoms with Crippen LogP contribution in [0.25, 0.3) is 0 Å². The quantitative estimate of drug-likeness (QED) is 0.568. The Bertz CT molecular complexity index is 688. The molecule has 2 saturated heterocycles. The van der Waals surface area contributed by atoms with Crippen molar-refractivity contribution in [1.82, 2.24) is 4.90 Å². The molecule has 8 nitrogen and oxygen atoms in total. The second-order valence-corrected chi connectivity index (χ2v) is 7.84. The lowest BCUT2D eigenvalue weighted by Gasteiger charge is -2.36. The first-order chi connectivity index (χ1) is 12.7. The van der Waals surface area contributed by atoms with E-state index in [0.29, 0.717) is 18.7 Å². The highest BCUT2D eigenvalue weighted by molar-refractivity contribution is 7.79. The van der Waals surface area contributed by atoms with E-state index in [-0.39, 0.29) is 18.0 Å². The molecule has 1 aromatic carbocycles. The lowest BCUT2D eigenvalue weighted by Crippen LogP contribution is -2.43. The van der Waals surface area contributed by atoms with Gasteiger partial charge >= 0.3 is 16.4 Å². The molecular weight excluding hydrogens is 374 g/mol. The van der Waals surface area contributed by atoms with Gasteiger partial charge in [-0.3, -0.25) is 13.9 Å². The fraction of sp³-hybridized carbons (Fsp3) is 0.611. The Kier molecular flexibility index (Phi) is 7.75. The van der Waals surface area contributed by atoms with Crippen LogP contribution >= 0.6 is 0 Å². The molecule has 0 radical (unpaired) electrons. The molecule has 27 heavy (non-hydrogen) atoms. The number of esters is 1. The fourth-order valence-corrected chi connectivity index (χ4v) is 3.86. The van der Waals surface area contributed by atoms with Crippen LogP contribution < -0.4 is 0 Å². The summed E-state index contributed by atoms with van der Waals surface area (Å²) in [5.74, 6) is -0.481. The Morgan fingerprint density at radius 2 is 1.70 bits per heavy atom. The average Bonchev–Trinajstić information content (AvgIpc) is 2.81. The van der Waals surface area contributed by atoms with Crippen LogP contribution in [0.1, 0.15) is 37.2 Å². The van der Waals surface area contributed by atoms with Gasteiger partial charge in [0, 0.05) is 19.2 Å². The first kappa shape index (κ1) is 21.8. The van der Waals surface area contributed by atoms with Gasteiger partial charge in [-0.2, -0.15) is 8.42 Å². The highest BCUT2D eigenvalue weighted by Crippen LogP contribution is 2.36. The van der Waals surface area contributed by atoms with Gasteiger partial charge in [-0.15, -0.1) is 0 Å². The number of ether oxygens (including phenoxy) is 2.